The quantitative estimate of drug-likeness (QED) is 0.609. The number of thiazole rings is 1. The Kier molecular flexibility index (Phi) is 6.36. The van der Waals surface area contributed by atoms with Crippen LogP contribution >= 0.6 is 11.3 Å². The van der Waals surface area contributed by atoms with Crippen LogP contribution in [0.5, 0.6) is 0 Å². The van der Waals surface area contributed by atoms with E-state index in [1.165, 1.54) is 22.1 Å². The van der Waals surface area contributed by atoms with Crippen molar-refractivity contribution in [2.45, 2.75) is 39.7 Å². The van der Waals surface area contributed by atoms with Gasteiger partial charge in [0.1, 0.15) is 5.69 Å². The molecule has 7 heteroatoms. The summed E-state index contributed by atoms with van der Waals surface area (Å²) < 4.78 is 1.45. The molecule has 1 aromatic carbocycles. The molecule has 146 valence electrons. The molecule has 0 bridgehead atoms. The number of rotatable bonds is 7. The number of nitrogens with one attached hydrogen (secondary N) is 1. The van der Waals surface area contributed by atoms with Gasteiger partial charge >= 0.3 is 0 Å². The van der Waals surface area contributed by atoms with E-state index in [-0.39, 0.29) is 17.5 Å². The molecular weight excluding hydrogens is 372 g/mol. The summed E-state index contributed by atoms with van der Waals surface area (Å²) in [5.41, 5.74) is 2.09. The summed E-state index contributed by atoms with van der Waals surface area (Å²) >= 11 is 1.30. The molecule has 28 heavy (non-hydrogen) atoms. The van der Waals surface area contributed by atoms with E-state index in [0.29, 0.717) is 22.9 Å². The molecule has 0 fully saturated rings. The van der Waals surface area contributed by atoms with E-state index in [0.717, 1.165) is 23.3 Å². The molecule has 0 aliphatic rings. The second-order valence-corrected chi connectivity index (χ2v) is 7.77. The van der Waals surface area contributed by atoms with Gasteiger partial charge in [0.05, 0.1) is 16.6 Å². The lowest BCUT2D eigenvalue weighted by Crippen LogP contribution is -2.24. The van der Waals surface area contributed by atoms with Crippen LogP contribution in [0.3, 0.4) is 0 Å². The van der Waals surface area contributed by atoms with E-state index >= 15 is 0 Å². The van der Waals surface area contributed by atoms with Gasteiger partial charge in [-0.3, -0.25) is 9.59 Å². The molecule has 1 N–H and O–H groups in total. The summed E-state index contributed by atoms with van der Waals surface area (Å²) in [6, 6.07) is 12.9. The first-order chi connectivity index (χ1) is 13.5. The number of carbonyl (C=O) groups is 1. The SMILES string of the molecule is CCCCNC(=O)c1nc(-c2ccccc2)c(-c2ccc(=O)n(C(C)C)n2)s1. The van der Waals surface area contributed by atoms with Crippen molar-refractivity contribution in [1.29, 1.82) is 0 Å². The van der Waals surface area contributed by atoms with Crippen molar-refractivity contribution in [3.8, 4) is 21.8 Å². The molecule has 6 nitrogen and oxygen atoms in total. The summed E-state index contributed by atoms with van der Waals surface area (Å²) in [5, 5.41) is 7.83. The van der Waals surface area contributed by atoms with Gasteiger partial charge in [0.2, 0.25) is 0 Å². The maximum Gasteiger partial charge on any atom is 0.280 e. The normalized spacial score (nSPS) is 11.0. The largest absolute Gasteiger partial charge is 0.350 e. The zero-order valence-electron chi connectivity index (χ0n) is 16.3. The standard InChI is InChI=1S/C21H24N4O2S/c1-4-5-13-22-20(27)21-23-18(15-9-7-6-8-10-15)19(28-21)16-11-12-17(26)25(24-16)14(2)3/h6-12,14H,4-5,13H2,1-3H3,(H,22,27). The lowest BCUT2D eigenvalue weighted by atomic mass is 10.1. The minimum Gasteiger partial charge on any atom is -0.350 e. The van der Waals surface area contributed by atoms with Crippen molar-refractivity contribution < 1.29 is 4.79 Å². The predicted octanol–water partition coefficient (Wildman–Crippen LogP) is 4.14. The van der Waals surface area contributed by atoms with E-state index in [1.54, 1.807) is 6.07 Å². The monoisotopic (exact) mass is 396 g/mol. The second-order valence-electron chi connectivity index (χ2n) is 6.77. The molecule has 0 atom stereocenters. The Hall–Kier alpha value is -2.80. The third-order valence-electron chi connectivity index (χ3n) is 4.23. The second kappa shape index (κ2) is 8.93. The summed E-state index contributed by atoms with van der Waals surface area (Å²) in [6.07, 6.45) is 1.94. The van der Waals surface area contributed by atoms with Gasteiger partial charge in [-0.2, -0.15) is 5.10 Å². The van der Waals surface area contributed by atoms with Gasteiger partial charge in [0, 0.05) is 18.2 Å². The van der Waals surface area contributed by atoms with E-state index in [1.807, 2.05) is 44.2 Å². The fraction of sp³-hybridized carbons (Fsp3) is 0.333. The smallest absolute Gasteiger partial charge is 0.280 e. The van der Waals surface area contributed by atoms with Crippen molar-refractivity contribution in [3.63, 3.8) is 0 Å². The lowest BCUT2D eigenvalue weighted by molar-refractivity contribution is 0.0953. The maximum absolute atomic E-state index is 12.5. The van der Waals surface area contributed by atoms with E-state index in [9.17, 15) is 9.59 Å². The Balaban J connectivity index is 2.08. The summed E-state index contributed by atoms with van der Waals surface area (Å²) in [7, 11) is 0. The first-order valence-corrected chi connectivity index (χ1v) is 10.3. The minimum absolute atomic E-state index is 0.0580. The van der Waals surface area contributed by atoms with Gasteiger partial charge in [-0.05, 0) is 26.3 Å². The van der Waals surface area contributed by atoms with Gasteiger partial charge in [-0.15, -0.1) is 11.3 Å². The number of carbonyl (C=O) groups excluding carboxylic acids is 1. The third kappa shape index (κ3) is 4.36. The molecule has 1 amide bonds. The molecule has 2 heterocycles. The van der Waals surface area contributed by atoms with Gasteiger partial charge in [-0.25, -0.2) is 9.67 Å². The zero-order valence-corrected chi connectivity index (χ0v) is 17.1. The van der Waals surface area contributed by atoms with Crippen molar-refractivity contribution in [2.75, 3.05) is 6.54 Å². The van der Waals surface area contributed by atoms with E-state index in [2.05, 4.69) is 22.3 Å². The highest BCUT2D eigenvalue weighted by molar-refractivity contribution is 7.17. The Morgan fingerprint density at radius 1 is 1.18 bits per heavy atom. The highest BCUT2D eigenvalue weighted by atomic mass is 32.1. The summed E-state index contributed by atoms with van der Waals surface area (Å²) in [6.45, 7) is 6.53. The number of benzene rings is 1. The Bertz CT molecular complexity index is 1010. The molecule has 0 saturated heterocycles. The number of hydrogen-bond acceptors (Lipinski definition) is 5. The van der Waals surface area contributed by atoms with Crippen molar-refractivity contribution in [1.82, 2.24) is 20.1 Å². The van der Waals surface area contributed by atoms with Gasteiger partial charge < -0.3 is 5.32 Å². The zero-order chi connectivity index (χ0) is 20.1. The molecule has 0 unspecified atom stereocenters. The van der Waals surface area contributed by atoms with E-state index in [4.69, 9.17) is 0 Å². The molecular formula is C21H24N4O2S. The molecule has 3 rings (SSSR count). The summed E-state index contributed by atoms with van der Waals surface area (Å²) in [5.74, 6) is -0.181. The van der Waals surface area contributed by atoms with Crippen LogP contribution in [0.15, 0.2) is 47.3 Å². The summed E-state index contributed by atoms with van der Waals surface area (Å²) in [4.78, 5) is 30.0. The van der Waals surface area contributed by atoms with Crippen molar-refractivity contribution in [2.24, 2.45) is 0 Å². The Morgan fingerprint density at radius 2 is 1.93 bits per heavy atom. The maximum atomic E-state index is 12.5. The van der Waals surface area contributed by atoms with E-state index < -0.39 is 0 Å². The molecule has 2 aromatic heterocycles. The number of amides is 1. The van der Waals surface area contributed by atoms with Crippen molar-refractivity contribution in [3.05, 3.63) is 57.8 Å². The fourth-order valence-electron chi connectivity index (χ4n) is 2.75. The molecule has 0 spiro atoms. The highest BCUT2D eigenvalue weighted by Crippen LogP contribution is 2.35. The number of unbranched alkanes of at least 4 members (excludes halogenated alkanes) is 1. The Labute approximate surface area is 168 Å². The number of hydrogen-bond donors (Lipinski definition) is 1. The lowest BCUT2D eigenvalue weighted by Gasteiger charge is -2.09. The average Bonchev–Trinajstić information content (AvgIpc) is 3.14. The molecule has 0 aliphatic heterocycles. The van der Waals surface area contributed by atoms with Crippen LogP contribution in [-0.2, 0) is 0 Å². The van der Waals surface area contributed by atoms with Crippen LogP contribution in [0.4, 0.5) is 0 Å². The first kappa shape index (κ1) is 19.9. The van der Waals surface area contributed by atoms with Crippen LogP contribution in [-0.4, -0.2) is 27.2 Å². The average molecular weight is 397 g/mol. The number of aromatic nitrogens is 3. The third-order valence-corrected chi connectivity index (χ3v) is 5.31. The van der Waals surface area contributed by atoms with Gasteiger partial charge in [0.25, 0.3) is 11.5 Å². The van der Waals surface area contributed by atoms with Gasteiger partial charge in [0.15, 0.2) is 5.01 Å². The van der Waals surface area contributed by atoms with Crippen LogP contribution in [0.1, 0.15) is 49.5 Å². The molecule has 3 aromatic rings. The van der Waals surface area contributed by atoms with Crippen LogP contribution < -0.4 is 10.9 Å². The fourth-order valence-corrected chi connectivity index (χ4v) is 3.72. The topological polar surface area (TPSA) is 76.9 Å². The highest BCUT2D eigenvalue weighted by Gasteiger charge is 2.20. The number of nitrogens with zero attached hydrogens (tertiary/aromatic N) is 3. The van der Waals surface area contributed by atoms with Crippen molar-refractivity contribution >= 4 is 17.2 Å². The predicted molar refractivity (Wildman–Crippen MR) is 113 cm³/mol. The molecule has 0 radical (unpaired) electrons. The van der Waals surface area contributed by atoms with Crippen LogP contribution in [0, 0.1) is 0 Å². The van der Waals surface area contributed by atoms with Crippen LogP contribution in [0.2, 0.25) is 0 Å². The molecule has 0 saturated carbocycles. The first-order valence-electron chi connectivity index (χ1n) is 9.46. The van der Waals surface area contributed by atoms with Crippen LogP contribution in [0.25, 0.3) is 21.8 Å². The Morgan fingerprint density at radius 3 is 2.61 bits per heavy atom. The van der Waals surface area contributed by atoms with Gasteiger partial charge in [-0.1, -0.05) is 43.7 Å². The minimum atomic E-state index is -0.181. The molecule has 0 aliphatic carbocycles.